The Morgan fingerprint density at radius 1 is 1.14 bits per heavy atom. The Bertz CT molecular complexity index is 690. The van der Waals surface area contributed by atoms with Crippen molar-refractivity contribution in [3.63, 3.8) is 0 Å². The molecule has 1 aromatic rings. The Kier molecular flexibility index (Phi) is 12.2. The summed E-state index contributed by atoms with van der Waals surface area (Å²) in [5, 5.41) is 0. The second-order valence-electron chi connectivity index (χ2n) is 7.13. The van der Waals surface area contributed by atoms with Gasteiger partial charge in [-0.2, -0.15) is 0 Å². The molecule has 0 spiro atoms. The maximum atomic E-state index is 12.5. The van der Waals surface area contributed by atoms with Crippen molar-refractivity contribution >= 4 is 7.60 Å². The van der Waals surface area contributed by atoms with Crippen LogP contribution in [0.25, 0.3) is 0 Å². The van der Waals surface area contributed by atoms with Crippen LogP contribution in [0.1, 0.15) is 26.3 Å². The first-order chi connectivity index (χ1) is 13.8. The van der Waals surface area contributed by atoms with Gasteiger partial charge in [-0.25, -0.2) is 0 Å². The number of nitrogens with zero attached hydrogens (tertiary/aromatic N) is 2. The van der Waals surface area contributed by atoms with Crippen molar-refractivity contribution in [2.24, 2.45) is 0 Å². The molecule has 164 valence electrons. The Hall–Kier alpha value is -1.35. The van der Waals surface area contributed by atoms with Gasteiger partial charge in [-0.15, -0.1) is 5.92 Å². The van der Waals surface area contributed by atoms with E-state index in [9.17, 15) is 4.57 Å². The molecule has 1 atom stereocenters. The number of hydrogen-bond donors (Lipinski definition) is 0. The highest BCUT2D eigenvalue weighted by atomic mass is 31.2. The molecule has 6 nitrogen and oxygen atoms in total. The van der Waals surface area contributed by atoms with E-state index < -0.39 is 7.60 Å². The van der Waals surface area contributed by atoms with Gasteiger partial charge in [0.2, 0.25) is 0 Å². The van der Waals surface area contributed by atoms with Crippen LogP contribution in [0.5, 0.6) is 5.75 Å². The summed E-state index contributed by atoms with van der Waals surface area (Å²) < 4.78 is 29.0. The predicted octanol–water partition coefficient (Wildman–Crippen LogP) is 3.76. The zero-order valence-electron chi connectivity index (χ0n) is 18.8. The first-order valence-corrected chi connectivity index (χ1v) is 11.9. The predicted molar refractivity (Wildman–Crippen MR) is 120 cm³/mol. The number of rotatable bonds is 14. The average Bonchev–Trinajstić information content (AvgIpc) is 2.66. The van der Waals surface area contributed by atoms with Crippen molar-refractivity contribution in [1.82, 2.24) is 9.80 Å². The third-order valence-corrected chi connectivity index (χ3v) is 6.39. The smallest absolute Gasteiger partial charge is 0.334 e. The molecule has 0 unspecified atom stereocenters. The SMILES string of the molecule is CC#CCN(C)[C@@H](Cc1cccc(OCCP(=O)(OCC)OCC)c1)CN(C)C. The van der Waals surface area contributed by atoms with E-state index in [1.54, 1.807) is 0 Å². The van der Waals surface area contributed by atoms with Crippen molar-refractivity contribution in [1.29, 1.82) is 0 Å². The van der Waals surface area contributed by atoms with Gasteiger partial charge in [0.1, 0.15) is 5.75 Å². The van der Waals surface area contributed by atoms with Crippen LogP contribution in [-0.4, -0.2) is 76.1 Å². The lowest BCUT2D eigenvalue weighted by atomic mass is 10.0. The van der Waals surface area contributed by atoms with Crippen LogP contribution in [-0.2, 0) is 20.0 Å². The van der Waals surface area contributed by atoms with E-state index in [1.807, 2.05) is 39.0 Å². The molecule has 0 bridgehead atoms. The monoisotopic (exact) mass is 424 g/mol. The quantitative estimate of drug-likeness (QED) is 0.335. The van der Waals surface area contributed by atoms with Gasteiger partial charge in [-0.1, -0.05) is 18.1 Å². The first-order valence-electron chi connectivity index (χ1n) is 10.2. The van der Waals surface area contributed by atoms with Gasteiger partial charge in [-0.3, -0.25) is 9.46 Å². The summed E-state index contributed by atoms with van der Waals surface area (Å²) in [5.41, 5.74) is 1.20. The summed E-state index contributed by atoms with van der Waals surface area (Å²) in [6.45, 7) is 8.17. The molecule has 7 heteroatoms. The van der Waals surface area contributed by atoms with E-state index in [0.29, 0.717) is 19.3 Å². The van der Waals surface area contributed by atoms with E-state index in [-0.39, 0.29) is 12.8 Å². The minimum Gasteiger partial charge on any atom is -0.493 e. The maximum absolute atomic E-state index is 12.5. The van der Waals surface area contributed by atoms with Crippen molar-refractivity contribution in [2.75, 3.05) is 60.2 Å². The zero-order chi connectivity index (χ0) is 21.7. The van der Waals surface area contributed by atoms with Crippen LogP contribution in [0.4, 0.5) is 0 Å². The molecule has 1 rings (SSSR count). The van der Waals surface area contributed by atoms with Crippen LogP contribution in [0.3, 0.4) is 0 Å². The molecular weight excluding hydrogens is 387 g/mol. The molecule has 0 radical (unpaired) electrons. The number of hydrogen-bond acceptors (Lipinski definition) is 6. The van der Waals surface area contributed by atoms with E-state index in [0.717, 1.165) is 25.3 Å². The summed E-state index contributed by atoms with van der Waals surface area (Å²) >= 11 is 0. The fraction of sp³-hybridized carbons (Fsp3) is 0.636. The van der Waals surface area contributed by atoms with Crippen molar-refractivity contribution < 1.29 is 18.3 Å². The van der Waals surface area contributed by atoms with E-state index in [2.05, 4.69) is 48.9 Å². The van der Waals surface area contributed by atoms with Crippen LogP contribution in [0.2, 0.25) is 0 Å². The number of benzene rings is 1. The minimum atomic E-state index is -3.08. The highest BCUT2D eigenvalue weighted by Gasteiger charge is 2.23. The van der Waals surface area contributed by atoms with Gasteiger partial charge >= 0.3 is 7.60 Å². The lowest BCUT2D eigenvalue weighted by Gasteiger charge is -2.29. The molecule has 0 amide bonds. The molecule has 0 fully saturated rings. The van der Waals surface area contributed by atoms with Gasteiger partial charge in [-0.05, 0) is 66.0 Å². The molecule has 29 heavy (non-hydrogen) atoms. The molecule has 0 N–H and O–H groups in total. The average molecular weight is 425 g/mol. The molecule has 0 saturated carbocycles. The number of ether oxygens (including phenoxy) is 1. The molecule has 0 aromatic heterocycles. The van der Waals surface area contributed by atoms with Crippen LogP contribution >= 0.6 is 7.60 Å². The Balaban J connectivity index is 2.73. The van der Waals surface area contributed by atoms with E-state index in [4.69, 9.17) is 13.8 Å². The molecule has 0 heterocycles. The first kappa shape index (κ1) is 25.7. The maximum Gasteiger partial charge on any atom is 0.334 e. The Morgan fingerprint density at radius 2 is 1.83 bits per heavy atom. The third-order valence-electron chi connectivity index (χ3n) is 4.36. The lowest BCUT2D eigenvalue weighted by Crippen LogP contribution is -2.41. The highest BCUT2D eigenvalue weighted by Crippen LogP contribution is 2.47. The summed E-state index contributed by atoms with van der Waals surface area (Å²) in [6, 6.07) is 8.42. The van der Waals surface area contributed by atoms with Gasteiger partial charge in [0.25, 0.3) is 0 Å². The van der Waals surface area contributed by atoms with Gasteiger partial charge in [0, 0.05) is 12.6 Å². The van der Waals surface area contributed by atoms with E-state index >= 15 is 0 Å². The van der Waals surface area contributed by atoms with Crippen LogP contribution < -0.4 is 4.74 Å². The summed E-state index contributed by atoms with van der Waals surface area (Å²) in [6.07, 6.45) is 1.13. The highest BCUT2D eigenvalue weighted by molar-refractivity contribution is 7.53. The lowest BCUT2D eigenvalue weighted by molar-refractivity contribution is 0.211. The topological polar surface area (TPSA) is 51.2 Å². The summed E-state index contributed by atoms with van der Waals surface area (Å²) in [5.74, 6) is 6.87. The molecule has 0 aliphatic rings. The van der Waals surface area contributed by atoms with Crippen LogP contribution in [0, 0.1) is 11.8 Å². The third kappa shape index (κ3) is 10.3. The van der Waals surface area contributed by atoms with Crippen LogP contribution in [0.15, 0.2) is 24.3 Å². The molecule has 0 saturated heterocycles. The van der Waals surface area contributed by atoms with Crippen molar-refractivity contribution in [2.45, 2.75) is 33.2 Å². The normalized spacial score (nSPS) is 12.7. The van der Waals surface area contributed by atoms with E-state index in [1.165, 1.54) is 5.56 Å². The molecule has 0 aliphatic carbocycles. The Morgan fingerprint density at radius 3 is 2.41 bits per heavy atom. The second kappa shape index (κ2) is 13.8. The molecule has 1 aromatic carbocycles. The fourth-order valence-electron chi connectivity index (χ4n) is 2.98. The largest absolute Gasteiger partial charge is 0.493 e. The molecule has 0 aliphatic heterocycles. The minimum absolute atomic E-state index is 0.237. The second-order valence-corrected chi connectivity index (χ2v) is 9.31. The molecular formula is C22H37N2O4P. The Labute approximate surface area is 177 Å². The van der Waals surface area contributed by atoms with Crippen molar-refractivity contribution in [3.8, 4) is 17.6 Å². The summed E-state index contributed by atoms with van der Waals surface area (Å²) in [4.78, 5) is 4.48. The summed E-state index contributed by atoms with van der Waals surface area (Å²) in [7, 11) is 3.20. The van der Waals surface area contributed by atoms with Crippen molar-refractivity contribution in [3.05, 3.63) is 29.8 Å². The number of likely N-dealkylation sites (N-methyl/N-ethyl adjacent to an activating group) is 2. The van der Waals surface area contributed by atoms with Gasteiger partial charge in [0.15, 0.2) is 0 Å². The van der Waals surface area contributed by atoms with Gasteiger partial charge in [0.05, 0.1) is 32.5 Å². The zero-order valence-corrected chi connectivity index (χ0v) is 19.7. The van der Waals surface area contributed by atoms with Gasteiger partial charge < -0.3 is 18.7 Å². The fourth-order valence-corrected chi connectivity index (χ4v) is 4.42. The standard InChI is InChI=1S/C22H37N2O4P/c1-7-10-14-24(6)21(19-23(4)5)17-20-12-11-13-22(18-20)26-15-16-29(25,27-8-2)28-9-3/h11-13,18,21H,8-9,14-17,19H2,1-6H3/t21-/m0/s1.